The van der Waals surface area contributed by atoms with Crippen molar-refractivity contribution >= 4 is 22.8 Å². The van der Waals surface area contributed by atoms with Crippen LogP contribution in [0.25, 0.3) is 11.0 Å². The van der Waals surface area contributed by atoms with Gasteiger partial charge in [-0.25, -0.2) is 4.68 Å². The third-order valence-corrected chi connectivity index (χ3v) is 4.38. The van der Waals surface area contributed by atoms with Crippen molar-refractivity contribution < 1.29 is 9.53 Å². The van der Waals surface area contributed by atoms with Gasteiger partial charge in [-0.15, -0.1) is 0 Å². The molecule has 7 nitrogen and oxygen atoms in total. The van der Waals surface area contributed by atoms with Crippen molar-refractivity contribution in [2.45, 2.75) is 45.6 Å². The fourth-order valence-corrected chi connectivity index (χ4v) is 3.21. The van der Waals surface area contributed by atoms with Crippen LogP contribution >= 0.6 is 0 Å². The number of hydrogen-bond acceptors (Lipinski definition) is 4. The van der Waals surface area contributed by atoms with Crippen LogP contribution in [0, 0.1) is 5.92 Å². The van der Waals surface area contributed by atoms with Gasteiger partial charge in [-0.1, -0.05) is 13.8 Å². The number of nitrogens with zero attached hydrogens (tertiary/aromatic N) is 3. The van der Waals surface area contributed by atoms with Crippen LogP contribution in [0.2, 0.25) is 0 Å². The van der Waals surface area contributed by atoms with Gasteiger partial charge in [0.15, 0.2) is 5.65 Å². The number of carbonyl (C=O) groups is 1. The fraction of sp³-hybridized carbons (Fsp3) is 0.667. The SMILES string of the molecule is CCc1nn(C)c2n[nH]c(NC(=O)C3CCCOC3CC)c12. The van der Waals surface area contributed by atoms with Gasteiger partial charge in [-0.3, -0.25) is 9.89 Å². The molecule has 0 spiro atoms. The molecule has 1 fully saturated rings. The summed E-state index contributed by atoms with van der Waals surface area (Å²) in [4.78, 5) is 12.6. The molecule has 0 aliphatic carbocycles. The summed E-state index contributed by atoms with van der Waals surface area (Å²) in [6.45, 7) is 4.85. The van der Waals surface area contributed by atoms with Crippen LogP contribution in [0.3, 0.4) is 0 Å². The van der Waals surface area contributed by atoms with E-state index in [2.05, 4.69) is 27.5 Å². The maximum absolute atomic E-state index is 12.6. The molecule has 1 aliphatic rings. The molecular formula is C15H23N5O2. The summed E-state index contributed by atoms with van der Waals surface area (Å²) in [6.07, 6.45) is 3.45. The van der Waals surface area contributed by atoms with E-state index in [4.69, 9.17) is 4.74 Å². The minimum absolute atomic E-state index is 0.00278. The molecule has 1 amide bonds. The van der Waals surface area contributed by atoms with Gasteiger partial charge in [0.2, 0.25) is 5.91 Å². The predicted molar refractivity (Wildman–Crippen MR) is 83.6 cm³/mol. The fourth-order valence-electron chi connectivity index (χ4n) is 3.21. The molecule has 0 bridgehead atoms. The molecule has 7 heteroatoms. The molecule has 3 heterocycles. The van der Waals surface area contributed by atoms with Crippen LogP contribution in [0.4, 0.5) is 5.82 Å². The molecule has 22 heavy (non-hydrogen) atoms. The molecule has 120 valence electrons. The largest absolute Gasteiger partial charge is 0.377 e. The van der Waals surface area contributed by atoms with Crippen LogP contribution < -0.4 is 5.32 Å². The van der Waals surface area contributed by atoms with Gasteiger partial charge < -0.3 is 10.1 Å². The average molecular weight is 305 g/mol. The van der Waals surface area contributed by atoms with E-state index in [1.54, 1.807) is 4.68 Å². The van der Waals surface area contributed by atoms with Gasteiger partial charge in [0.05, 0.1) is 23.1 Å². The summed E-state index contributed by atoms with van der Waals surface area (Å²) in [7, 11) is 1.86. The molecule has 3 rings (SSSR count). The summed E-state index contributed by atoms with van der Waals surface area (Å²) < 4.78 is 7.45. The van der Waals surface area contributed by atoms with Gasteiger partial charge in [-0.05, 0) is 25.7 Å². The van der Waals surface area contributed by atoms with E-state index in [0.717, 1.165) is 49.0 Å². The minimum atomic E-state index is -0.0983. The van der Waals surface area contributed by atoms with Gasteiger partial charge in [0.25, 0.3) is 0 Å². The Balaban J connectivity index is 1.85. The molecule has 0 aromatic carbocycles. The summed E-state index contributed by atoms with van der Waals surface area (Å²) in [6, 6.07) is 0. The number of aryl methyl sites for hydroxylation is 2. The van der Waals surface area contributed by atoms with E-state index in [-0.39, 0.29) is 17.9 Å². The highest BCUT2D eigenvalue weighted by Crippen LogP contribution is 2.28. The first-order valence-electron chi connectivity index (χ1n) is 7.98. The number of hydrogen-bond donors (Lipinski definition) is 2. The third-order valence-electron chi connectivity index (χ3n) is 4.38. The highest BCUT2D eigenvalue weighted by atomic mass is 16.5. The number of nitrogens with one attached hydrogen (secondary N) is 2. The summed E-state index contributed by atoms with van der Waals surface area (Å²) >= 11 is 0. The van der Waals surface area contributed by atoms with E-state index >= 15 is 0 Å². The molecule has 2 atom stereocenters. The Morgan fingerprint density at radius 1 is 1.50 bits per heavy atom. The first-order valence-corrected chi connectivity index (χ1v) is 7.98. The Hall–Kier alpha value is -1.89. The van der Waals surface area contributed by atoms with Crippen molar-refractivity contribution in [3.8, 4) is 0 Å². The molecule has 2 aromatic rings. The molecule has 0 saturated carbocycles. The average Bonchev–Trinajstić information content (AvgIpc) is 3.09. The zero-order valence-electron chi connectivity index (χ0n) is 13.3. The lowest BCUT2D eigenvalue weighted by molar-refractivity contribution is -0.129. The van der Waals surface area contributed by atoms with Crippen LogP contribution in [0.1, 0.15) is 38.8 Å². The Morgan fingerprint density at radius 2 is 2.32 bits per heavy atom. The molecule has 1 aliphatic heterocycles. The number of aromatic nitrogens is 4. The van der Waals surface area contributed by atoms with E-state index in [9.17, 15) is 4.79 Å². The van der Waals surface area contributed by atoms with Gasteiger partial charge >= 0.3 is 0 Å². The third kappa shape index (κ3) is 2.49. The molecule has 2 N–H and O–H groups in total. The molecule has 1 saturated heterocycles. The summed E-state index contributed by atoms with van der Waals surface area (Å²) in [5.74, 6) is 0.548. The van der Waals surface area contributed by atoms with Crippen molar-refractivity contribution in [2.75, 3.05) is 11.9 Å². The van der Waals surface area contributed by atoms with Gasteiger partial charge in [-0.2, -0.15) is 10.2 Å². The van der Waals surface area contributed by atoms with E-state index in [1.165, 1.54) is 0 Å². The topological polar surface area (TPSA) is 84.8 Å². The van der Waals surface area contributed by atoms with E-state index in [0.29, 0.717) is 5.82 Å². The number of fused-ring (bicyclic) bond motifs is 1. The number of amides is 1. The number of rotatable bonds is 4. The molecule has 0 radical (unpaired) electrons. The number of anilines is 1. The van der Waals surface area contributed by atoms with Crippen molar-refractivity contribution in [3.63, 3.8) is 0 Å². The standard InChI is InChI=1S/C15H23N5O2/c1-4-10-12-13(17-18-14(12)20(3)19-10)16-15(21)9-7-6-8-22-11(9)5-2/h9,11H,4-8H2,1-3H3,(H2,16,17,18,21). The van der Waals surface area contributed by atoms with Gasteiger partial charge in [0, 0.05) is 13.7 Å². The number of H-pyrrole nitrogens is 1. The quantitative estimate of drug-likeness (QED) is 0.905. The van der Waals surface area contributed by atoms with Crippen molar-refractivity contribution in [1.29, 1.82) is 0 Å². The molecule has 2 aromatic heterocycles. The first-order chi connectivity index (χ1) is 10.7. The summed E-state index contributed by atoms with van der Waals surface area (Å²) in [5, 5.41) is 15.5. The number of aromatic amines is 1. The normalized spacial score (nSPS) is 22.1. The van der Waals surface area contributed by atoms with Gasteiger partial charge in [0.1, 0.15) is 5.82 Å². The molecular weight excluding hydrogens is 282 g/mol. The van der Waals surface area contributed by atoms with Crippen LogP contribution in [0.15, 0.2) is 0 Å². The number of ether oxygens (including phenoxy) is 1. The van der Waals surface area contributed by atoms with Crippen LogP contribution in [-0.4, -0.2) is 38.6 Å². The van der Waals surface area contributed by atoms with E-state index in [1.807, 2.05) is 14.0 Å². The van der Waals surface area contributed by atoms with Crippen molar-refractivity contribution in [1.82, 2.24) is 20.0 Å². The van der Waals surface area contributed by atoms with Crippen molar-refractivity contribution in [2.24, 2.45) is 13.0 Å². The highest BCUT2D eigenvalue weighted by Gasteiger charge is 2.31. The maximum atomic E-state index is 12.6. The molecule has 2 unspecified atom stereocenters. The Morgan fingerprint density at radius 3 is 3.05 bits per heavy atom. The Labute approximate surface area is 129 Å². The second-order valence-electron chi connectivity index (χ2n) is 5.78. The lowest BCUT2D eigenvalue weighted by atomic mass is 9.92. The second kappa shape index (κ2) is 6.08. The minimum Gasteiger partial charge on any atom is -0.377 e. The van der Waals surface area contributed by atoms with Crippen LogP contribution in [-0.2, 0) is 23.0 Å². The van der Waals surface area contributed by atoms with Crippen LogP contribution in [0.5, 0.6) is 0 Å². The smallest absolute Gasteiger partial charge is 0.231 e. The lowest BCUT2D eigenvalue weighted by Gasteiger charge is -2.29. The van der Waals surface area contributed by atoms with Crippen molar-refractivity contribution in [3.05, 3.63) is 5.69 Å². The predicted octanol–water partition coefficient (Wildman–Crippen LogP) is 2.00. The zero-order valence-corrected chi connectivity index (χ0v) is 13.3. The summed E-state index contributed by atoms with van der Waals surface area (Å²) in [5.41, 5.74) is 1.70. The maximum Gasteiger partial charge on any atom is 0.231 e. The lowest BCUT2D eigenvalue weighted by Crippen LogP contribution is -2.37. The monoisotopic (exact) mass is 305 g/mol. The second-order valence-corrected chi connectivity index (χ2v) is 5.78. The Kier molecular flexibility index (Phi) is 4.15. The zero-order chi connectivity index (χ0) is 15.7. The van der Waals surface area contributed by atoms with E-state index < -0.39 is 0 Å². The first kappa shape index (κ1) is 15.0. The Bertz CT molecular complexity index is 675. The highest BCUT2D eigenvalue weighted by molar-refractivity contribution is 6.01. The number of carbonyl (C=O) groups excluding carboxylic acids is 1.